The van der Waals surface area contributed by atoms with Crippen molar-refractivity contribution in [2.75, 3.05) is 0 Å². The minimum absolute atomic E-state index is 0.169. The van der Waals surface area contributed by atoms with Gasteiger partial charge in [-0.15, -0.1) is 0 Å². The van der Waals surface area contributed by atoms with Crippen molar-refractivity contribution in [3.63, 3.8) is 0 Å². The van der Waals surface area contributed by atoms with Crippen molar-refractivity contribution in [2.24, 2.45) is 5.41 Å². The first kappa shape index (κ1) is 10.9. The van der Waals surface area contributed by atoms with Crippen LogP contribution in [-0.4, -0.2) is 10.9 Å². The van der Waals surface area contributed by atoms with E-state index in [4.69, 9.17) is 5.26 Å². The van der Waals surface area contributed by atoms with Gasteiger partial charge in [0.15, 0.2) is 0 Å². The van der Waals surface area contributed by atoms with Gasteiger partial charge in [-0.05, 0) is 25.7 Å². The zero-order chi connectivity index (χ0) is 9.12. The number of rotatable bonds is 3. The largest absolute Gasteiger partial charge is 0.221 e. The van der Waals surface area contributed by atoms with Crippen LogP contribution in [0.2, 0.25) is 0 Å². The first-order valence-electron chi connectivity index (χ1n) is 3.76. The van der Waals surface area contributed by atoms with Crippen LogP contribution >= 0.6 is 0 Å². The van der Waals surface area contributed by atoms with Gasteiger partial charge < -0.3 is 0 Å². The van der Waals surface area contributed by atoms with Crippen LogP contribution in [0.4, 0.5) is 0 Å². The van der Waals surface area contributed by atoms with Gasteiger partial charge in [-0.2, -0.15) is 0 Å². The van der Waals surface area contributed by atoms with E-state index in [-0.39, 0.29) is 5.41 Å². The first-order valence-corrected chi connectivity index (χ1v) is 3.76. The molecule has 0 rings (SSSR count). The Labute approximate surface area is 68.2 Å². The van der Waals surface area contributed by atoms with Crippen LogP contribution in [0, 0.1) is 5.41 Å². The quantitative estimate of drug-likeness (QED) is 0.512. The molecule has 0 spiro atoms. The standard InChI is InChI=1S/C8H18O3/c1-7(2,3)6-8(4,5)10-11-9/h9H,6H2,1-5H3. The van der Waals surface area contributed by atoms with E-state index in [1.165, 1.54) is 0 Å². The molecular formula is C8H18O3. The average molecular weight is 162 g/mol. The fraction of sp³-hybridized carbons (Fsp3) is 1.00. The van der Waals surface area contributed by atoms with Gasteiger partial charge in [0.05, 0.1) is 0 Å². The predicted octanol–water partition coefficient (Wildman–Crippen LogP) is 2.62. The maximum atomic E-state index is 8.08. The molecule has 0 bridgehead atoms. The lowest BCUT2D eigenvalue weighted by molar-refractivity contribution is -0.523. The Morgan fingerprint density at radius 1 is 1.09 bits per heavy atom. The highest BCUT2D eigenvalue weighted by Gasteiger charge is 2.27. The van der Waals surface area contributed by atoms with Crippen LogP contribution in [0.3, 0.4) is 0 Å². The lowest BCUT2D eigenvalue weighted by atomic mass is 9.84. The Balaban J connectivity index is 3.91. The normalized spacial score (nSPS) is 13.6. The second kappa shape index (κ2) is 3.52. The predicted molar refractivity (Wildman–Crippen MR) is 42.9 cm³/mol. The molecule has 0 aliphatic carbocycles. The number of hydrogen-bond donors (Lipinski definition) is 1. The average Bonchev–Trinajstić information content (AvgIpc) is 1.55. The van der Waals surface area contributed by atoms with E-state index in [1.54, 1.807) is 0 Å². The minimum Gasteiger partial charge on any atom is -0.221 e. The summed E-state index contributed by atoms with van der Waals surface area (Å²) in [6.07, 6.45) is 0.820. The molecule has 0 aromatic heterocycles. The Morgan fingerprint density at radius 3 is 1.82 bits per heavy atom. The van der Waals surface area contributed by atoms with Gasteiger partial charge in [0.2, 0.25) is 0 Å². The summed E-state index contributed by atoms with van der Waals surface area (Å²) in [6, 6.07) is 0. The molecule has 1 N–H and O–H groups in total. The van der Waals surface area contributed by atoms with E-state index < -0.39 is 5.60 Å². The Kier molecular flexibility index (Phi) is 3.48. The Bertz CT molecular complexity index is 113. The molecule has 0 saturated heterocycles. The lowest BCUT2D eigenvalue weighted by Gasteiger charge is -2.29. The molecular weight excluding hydrogens is 144 g/mol. The molecule has 0 unspecified atom stereocenters. The van der Waals surface area contributed by atoms with Crippen molar-refractivity contribution in [3.05, 3.63) is 0 Å². The van der Waals surface area contributed by atoms with Crippen LogP contribution < -0.4 is 0 Å². The third-order valence-electron chi connectivity index (χ3n) is 1.22. The van der Waals surface area contributed by atoms with Crippen LogP contribution in [0.15, 0.2) is 0 Å². The van der Waals surface area contributed by atoms with E-state index >= 15 is 0 Å². The monoisotopic (exact) mass is 162 g/mol. The van der Waals surface area contributed by atoms with E-state index in [0.717, 1.165) is 6.42 Å². The fourth-order valence-electron chi connectivity index (χ4n) is 1.41. The molecule has 0 aliphatic heterocycles. The molecule has 3 heteroatoms. The van der Waals surface area contributed by atoms with Crippen LogP contribution in [0.1, 0.15) is 41.0 Å². The highest BCUT2D eigenvalue weighted by Crippen LogP contribution is 2.29. The molecule has 0 atom stereocenters. The van der Waals surface area contributed by atoms with Crippen molar-refractivity contribution < 1.29 is 15.2 Å². The number of hydrogen-bond acceptors (Lipinski definition) is 3. The second-order valence-corrected chi connectivity index (χ2v) is 4.65. The van der Waals surface area contributed by atoms with Gasteiger partial charge in [0, 0.05) is 0 Å². The molecule has 0 aromatic rings. The highest BCUT2D eigenvalue weighted by atomic mass is 17.5. The lowest BCUT2D eigenvalue weighted by Crippen LogP contribution is -2.29. The minimum atomic E-state index is -0.438. The van der Waals surface area contributed by atoms with Crippen molar-refractivity contribution in [1.29, 1.82) is 0 Å². The maximum absolute atomic E-state index is 8.08. The summed E-state index contributed by atoms with van der Waals surface area (Å²) >= 11 is 0. The second-order valence-electron chi connectivity index (χ2n) is 4.65. The van der Waals surface area contributed by atoms with Crippen molar-refractivity contribution in [3.8, 4) is 0 Å². The molecule has 3 nitrogen and oxygen atoms in total. The molecule has 11 heavy (non-hydrogen) atoms. The highest BCUT2D eigenvalue weighted by molar-refractivity contribution is 4.75. The van der Waals surface area contributed by atoms with E-state index in [1.807, 2.05) is 13.8 Å². The zero-order valence-corrected chi connectivity index (χ0v) is 7.97. The van der Waals surface area contributed by atoms with Gasteiger partial charge in [-0.3, -0.25) is 0 Å². The summed E-state index contributed by atoms with van der Waals surface area (Å²) in [5.74, 6) is 0. The van der Waals surface area contributed by atoms with Gasteiger partial charge in [0.25, 0.3) is 0 Å². The molecule has 0 fully saturated rings. The molecule has 0 radical (unpaired) electrons. The summed E-state index contributed by atoms with van der Waals surface area (Å²) in [6.45, 7) is 10.1. The van der Waals surface area contributed by atoms with Crippen LogP contribution in [-0.2, 0) is 9.93 Å². The van der Waals surface area contributed by atoms with E-state index in [0.29, 0.717) is 0 Å². The molecule has 0 saturated carbocycles. The van der Waals surface area contributed by atoms with Crippen molar-refractivity contribution in [2.45, 2.75) is 46.6 Å². The summed E-state index contributed by atoms with van der Waals surface area (Å²) in [7, 11) is 0. The van der Waals surface area contributed by atoms with Crippen LogP contribution in [0.5, 0.6) is 0 Å². The molecule has 0 aromatic carbocycles. The Morgan fingerprint density at radius 2 is 1.55 bits per heavy atom. The summed E-state index contributed by atoms with van der Waals surface area (Å²) < 4.78 is 0. The van der Waals surface area contributed by atoms with Gasteiger partial charge >= 0.3 is 0 Å². The Hall–Kier alpha value is -0.120. The summed E-state index contributed by atoms with van der Waals surface area (Å²) in [5, 5.41) is 11.7. The zero-order valence-electron chi connectivity index (χ0n) is 7.97. The maximum Gasteiger partial charge on any atom is 0.102 e. The first-order chi connectivity index (χ1) is 4.77. The summed E-state index contributed by atoms with van der Waals surface area (Å²) in [4.78, 5) is 4.66. The van der Waals surface area contributed by atoms with Gasteiger partial charge in [-0.25, -0.2) is 10.1 Å². The molecule has 0 amide bonds. The fourth-order valence-corrected chi connectivity index (χ4v) is 1.41. The SMILES string of the molecule is CC(C)(C)CC(C)(C)OOO. The van der Waals surface area contributed by atoms with E-state index in [2.05, 4.69) is 30.7 Å². The molecule has 0 heterocycles. The summed E-state index contributed by atoms with van der Waals surface area (Å²) in [5.41, 5.74) is -0.269. The van der Waals surface area contributed by atoms with Crippen molar-refractivity contribution in [1.82, 2.24) is 0 Å². The third kappa shape index (κ3) is 6.28. The topological polar surface area (TPSA) is 38.7 Å². The third-order valence-corrected chi connectivity index (χ3v) is 1.22. The van der Waals surface area contributed by atoms with Crippen LogP contribution in [0.25, 0.3) is 0 Å². The van der Waals surface area contributed by atoms with Gasteiger partial charge in [0.1, 0.15) is 5.60 Å². The van der Waals surface area contributed by atoms with Crippen molar-refractivity contribution >= 4 is 0 Å². The molecule has 0 aliphatic rings. The van der Waals surface area contributed by atoms with Gasteiger partial charge in [-0.1, -0.05) is 25.8 Å². The van der Waals surface area contributed by atoms with E-state index in [9.17, 15) is 0 Å². The smallest absolute Gasteiger partial charge is 0.102 e. The molecule has 68 valence electrons.